The highest BCUT2D eigenvalue weighted by atomic mass is 16.6. The Morgan fingerprint density at radius 1 is 0.154 bits per heavy atom. The smallest absolute Gasteiger partial charge is 0.330 e. The summed E-state index contributed by atoms with van der Waals surface area (Å²) < 4.78 is 6.61. The Hall–Kier alpha value is -8.40. The van der Waals surface area contributed by atoms with E-state index in [2.05, 4.69) is 0 Å². The van der Waals surface area contributed by atoms with Gasteiger partial charge in [0.2, 0.25) is 0 Å². The van der Waals surface area contributed by atoms with Crippen molar-refractivity contribution in [1.82, 2.24) is 0 Å². The van der Waals surface area contributed by atoms with Crippen molar-refractivity contribution in [3.05, 3.63) is 22.3 Å². The molecule has 65 heavy (non-hydrogen) atoms. The molecule has 33 rings (SSSR count). The lowest BCUT2D eigenvalue weighted by molar-refractivity contribution is -0.153. The van der Waals surface area contributed by atoms with Gasteiger partial charge in [-0.05, 0) is 313 Å². The van der Waals surface area contributed by atoms with Gasteiger partial charge in [0.15, 0.2) is 0 Å². The number of cyclic esters (lactones) is 2. The van der Waals surface area contributed by atoms with Gasteiger partial charge in [-0.2, -0.15) is 0 Å². The summed E-state index contributed by atoms with van der Waals surface area (Å²) in [7, 11) is 0. The SMILES string of the molecule is O=C1OC(=O)C23c4c5c6c7c8c9c(c%10c%11c2c2c4c4c%12c5c5c6c6c8c8c%13c9c9c%10c%10c%11c%11c2c2c4c4c%12c%12c5c5c6c8c6c8c%13c9c9c%10c%10c%11c2c2c4c4c%12c5c6c5c8c9c%10c2c45)C173. The number of ether oxygens (including phenoxy) is 1. The van der Waals surface area contributed by atoms with E-state index >= 15 is 9.59 Å². The van der Waals surface area contributed by atoms with Gasteiger partial charge >= 0.3 is 11.9 Å². The molecule has 28 aromatic rings. The number of hydrogen-bond acceptors (Lipinski definition) is 3. The third kappa shape index (κ3) is 1.10. The number of benzene rings is 18. The molecular formula is C62O3. The van der Waals surface area contributed by atoms with E-state index in [1.807, 2.05) is 0 Å². The summed E-state index contributed by atoms with van der Waals surface area (Å²) in [5.74, 6) is -0.616. The third-order valence-electron chi connectivity index (χ3n) is 24.1. The molecule has 1 heterocycles. The zero-order valence-corrected chi connectivity index (χ0v) is 32.2. The highest BCUT2D eigenvalue weighted by molar-refractivity contribution is 6.82. The molecule has 3 heteroatoms. The molecule has 0 amide bonds. The molecule has 0 unspecified atom stereocenters. The van der Waals surface area contributed by atoms with Crippen molar-refractivity contribution >= 4 is 303 Å². The highest BCUT2D eigenvalue weighted by Crippen LogP contribution is 2.85. The average Bonchev–Trinajstić information content (AvgIpc) is 4.14. The molecule has 1 saturated heterocycles. The summed E-state index contributed by atoms with van der Waals surface area (Å²) in [5, 5.41) is 79.2. The van der Waals surface area contributed by atoms with Gasteiger partial charge in [0.25, 0.3) is 0 Å². The van der Waals surface area contributed by atoms with Gasteiger partial charge in [-0.1, -0.05) is 0 Å². The third-order valence-corrected chi connectivity index (χ3v) is 24.1. The molecule has 1 aliphatic heterocycles. The summed E-state index contributed by atoms with van der Waals surface area (Å²) in [6, 6.07) is 0. The largest absolute Gasteiger partial charge is 0.391 e. The van der Waals surface area contributed by atoms with Crippen LogP contribution in [-0.4, -0.2) is 11.9 Å². The number of carbonyl (C=O) groups excluding carboxylic acids is 2. The predicted octanol–water partition coefficient (Wildman–Crippen LogP) is 15.4. The van der Waals surface area contributed by atoms with E-state index in [4.69, 9.17) is 4.74 Å². The zero-order chi connectivity index (χ0) is 38.3. The van der Waals surface area contributed by atoms with E-state index in [1.54, 1.807) is 53.9 Å². The monoisotopic (exact) mass is 792 g/mol. The number of hydrogen-bond donors (Lipinski definition) is 0. The van der Waals surface area contributed by atoms with E-state index in [9.17, 15) is 0 Å². The number of rotatable bonds is 0. The van der Waals surface area contributed by atoms with Crippen molar-refractivity contribution in [3.63, 3.8) is 0 Å². The van der Waals surface area contributed by atoms with Gasteiger partial charge in [-0.3, -0.25) is 9.59 Å². The van der Waals surface area contributed by atoms with Crippen LogP contribution >= 0.6 is 0 Å². The van der Waals surface area contributed by atoms with E-state index in [0.29, 0.717) is 0 Å². The van der Waals surface area contributed by atoms with Gasteiger partial charge in [-0.15, -0.1) is 0 Å². The van der Waals surface area contributed by atoms with Crippen molar-refractivity contribution in [2.75, 3.05) is 0 Å². The molecule has 0 bridgehead atoms. The number of carbonyl (C=O) groups is 2. The maximum atomic E-state index is 16.4. The molecule has 5 aliphatic rings. The Morgan fingerprint density at radius 2 is 0.246 bits per heavy atom. The quantitative estimate of drug-likeness (QED) is 0.0873. The Labute approximate surface area is 348 Å². The van der Waals surface area contributed by atoms with Crippen molar-refractivity contribution in [2.24, 2.45) is 0 Å². The minimum atomic E-state index is -1.28. The van der Waals surface area contributed by atoms with Gasteiger partial charge in [0.1, 0.15) is 10.8 Å². The van der Waals surface area contributed by atoms with Crippen LogP contribution in [0.3, 0.4) is 0 Å². The molecule has 2 spiro atoms. The summed E-state index contributed by atoms with van der Waals surface area (Å²) in [6.07, 6.45) is 0. The topological polar surface area (TPSA) is 43.4 Å². The molecule has 1 fully saturated rings. The van der Waals surface area contributed by atoms with Gasteiger partial charge in [-0.25, -0.2) is 0 Å². The molecule has 0 radical (unpaired) electrons. The van der Waals surface area contributed by atoms with Crippen LogP contribution in [0.2, 0.25) is 0 Å². The lowest BCUT2D eigenvalue weighted by atomic mass is 9.49. The predicted molar refractivity (Wildman–Crippen MR) is 265 cm³/mol. The van der Waals surface area contributed by atoms with Crippen LogP contribution in [0.25, 0.3) is 291 Å². The van der Waals surface area contributed by atoms with Crippen LogP contribution in [0.5, 0.6) is 0 Å². The van der Waals surface area contributed by atoms with Crippen molar-refractivity contribution in [3.8, 4) is 0 Å². The minimum absolute atomic E-state index is 0.308. The van der Waals surface area contributed by atoms with Crippen molar-refractivity contribution < 1.29 is 14.3 Å². The van der Waals surface area contributed by atoms with Crippen LogP contribution in [0.1, 0.15) is 22.3 Å². The summed E-state index contributed by atoms with van der Waals surface area (Å²) in [4.78, 5) is 32.7. The first-order chi connectivity index (χ1) is 32.3. The summed E-state index contributed by atoms with van der Waals surface area (Å²) in [5.41, 5.74) is 2.06. The van der Waals surface area contributed by atoms with E-state index in [0.717, 1.165) is 22.3 Å². The lowest BCUT2D eigenvalue weighted by Gasteiger charge is -2.44. The first-order valence-corrected chi connectivity index (χ1v) is 23.8. The minimum Gasteiger partial charge on any atom is -0.391 e. The standard InChI is InChI=1S/C62O3/c63-59-61-55-47-39-29-19-11-3-1-2-5-9-7(3)15-23-17(9)27-21-13(5)14-6(2)10-8-4(1)12(11)20-26-16(8)24-18(10)28-22(14)32-31(21)41-35(27)45-37(23)43(33(39)25(15)19)51(55)53(45)57-49(41)50-42(32)36(28)46-38(24)44-34(26)40(30(20)29)48(47)56(61)52(44)54(46)58(50)62(57,61)60(64)65-59. The fourth-order valence-electron chi connectivity index (χ4n) is 24.2. The van der Waals surface area contributed by atoms with E-state index in [-0.39, 0.29) is 11.9 Å². The van der Waals surface area contributed by atoms with Crippen LogP contribution in [-0.2, 0) is 25.2 Å². The average molecular weight is 793 g/mol. The molecule has 0 atom stereocenters. The van der Waals surface area contributed by atoms with Crippen molar-refractivity contribution in [1.29, 1.82) is 0 Å². The maximum Gasteiger partial charge on any atom is 0.330 e. The second kappa shape index (κ2) is 4.86. The Bertz CT molecular complexity index is 6540. The molecule has 3 nitrogen and oxygen atoms in total. The summed E-state index contributed by atoms with van der Waals surface area (Å²) >= 11 is 0. The summed E-state index contributed by atoms with van der Waals surface area (Å²) in [6.45, 7) is 0. The van der Waals surface area contributed by atoms with E-state index in [1.165, 1.54) is 237 Å². The molecule has 0 N–H and O–H groups in total. The highest BCUT2D eigenvalue weighted by Gasteiger charge is 2.80. The first kappa shape index (κ1) is 22.8. The lowest BCUT2D eigenvalue weighted by Crippen LogP contribution is -2.54. The Balaban J connectivity index is 1.29. The first-order valence-electron chi connectivity index (χ1n) is 23.8. The second-order valence-electron chi connectivity index (χ2n) is 23.9. The van der Waals surface area contributed by atoms with Gasteiger partial charge < -0.3 is 4.74 Å². The maximum absolute atomic E-state index is 16.4. The zero-order valence-electron chi connectivity index (χ0n) is 32.2. The molecule has 0 saturated carbocycles. The van der Waals surface area contributed by atoms with Crippen LogP contribution in [0, 0.1) is 0 Å². The molecular weight excluding hydrogens is 793 g/mol. The van der Waals surface area contributed by atoms with Crippen LogP contribution in [0.4, 0.5) is 0 Å². The Kier molecular flexibility index (Phi) is 1.71. The normalized spacial score (nSPS) is 23.4. The van der Waals surface area contributed by atoms with E-state index < -0.39 is 10.8 Å². The van der Waals surface area contributed by atoms with Crippen LogP contribution in [0.15, 0.2) is 0 Å². The van der Waals surface area contributed by atoms with Crippen molar-refractivity contribution in [2.45, 2.75) is 10.8 Å². The molecule has 4 aliphatic carbocycles. The fourth-order valence-corrected chi connectivity index (χ4v) is 24.2. The van der Waals surface area contributed by atoms with Crippen LogP contribution < -0.4 is 0 Å². The Morgan fingerprint density at radius 3 is 0.354 bits per heavy atom. The second-order valence-corrected chi connectivity index (χ2v) is 23.9. The number of esters is 2. The molecule has 266 valence electrons. The fraction of sp³-hybridized carbons (Fsp3) is 0.0323. The molecule has 0 aromatic heterocycles. The van der Waals surface area contributed by atoms with Gasteiger partial charge in [0, 0.05) is 0 Å². The van der Waals surface area contributed by atoms with Gasteiger partial charge in [0.05, 0.1) is 0 Å². The molecule has 28 aromatic carbocycles.